The standard InChI is InChI=1S/C28H26N2O3/c1-19(2)20-10-13-22(14-11-20)27(29-25-8-5-9-26(17-25)30(32)33)18-28(31)24-15-12-21-6-3-4-7-23(21)16-24/h3-17,19,27,29H,18H2,1-2H3. The van der Waals surface area contributed by atoms with E-state index in [9.17, 15) is 14.9 Å². The SMILES string of the molecule is CC(C)c1ccc(C(CC(=O)c2ccc3ccccc3c2)Nc2cccc([N+](=O)[O-])c2)cc1. The van der Waals surface area contributed by atoms with Crippen molar-refractivity contribution in [1.29, 1.82) is 0 Å². The predicted octanol–water partition coefficient (Wildman–Crippen LogP) is 7.30. The largest absolute Gasteiger partial charge is 0.378 e. The molecule has 0 aliphatic heterocycles. The molecule has 1 N–H and O–H groups in total. The van der Waals surface area contributed by atoms with Gasteiger partial charge in [0.1, 0.15) is 0 Å². The molecule has 5 nitrogen and oxygen atoms in total. The van der Waals surface area contributed by atoms with Crippen LogP contribution in [0.1, 0.15) is 53.7 Å². The third-order valence-electron chi connectivity index (χ3n) is 5.86. The van der Waals surface area contributed by atoms with E-state index in [0.717, 1.165) is 16.3 Å². The summed E-state index contributed by atoms with van der Waals surface area (Å²) in [7, 11) is 0. The van der Waals surface area contributed by atoms with Gasteiger partial charge in [-0.2, -0.15) is 0 Å². The Labute approximate surface area is 193 Å². The number of benzene rings is 4. The summed E-state index contributed by atoms with van der Waals surface area (Å²) in [4.78, 5) is 24.0. The van der Waals surface area contributed by atoms with E-state index in [0.29, 0.717) is 17.2 Å². The van der Waals surface area contributed by atoms with E-state index >= 15 is 0 Å². The van der Waals surface area contributed by atoms with Crippen LogP contribution in [0, 0.1) is 10.1 Å². The molecule has 0 fully saturated rings. The number of carbonyl (C=O) groups excluding carboxylic acids is 1. The van der Waals surface area contributed by atoms with Crippen LogP contribution < -0.4 is 5.32 Å². The zero-order chi connectivity index (χ0) is 23.4. The topological polar surface area (TPSA) is 72.2 Å². The number of non-ortho nitro benzene ring substituents is 1. The van der Waals surface area contributed by atoms with Gasteiger partial charge in [-0.3, -0.25) is 14.9 Å². The summed E-state index contributed by atoms with van der Waals surface area (Å²) < 4.78 is 0. The molecule has 5 heteroatoms. The van der Waals surface area contributed by atoms with Crippen molar-refractivity contribution in [3.05, 3.63) is 118 Å². The summed E-state index contributed by atoms with van der Waals surface area (Å²) in [5.74, 6) is 0.415. The number of nitrogens with one attached hydrogen (secondary N) is 1. The molecule has 0 bridgehead atoms. The first-order valence-electron chi connectivity index (χ1n) is 11.0. The summed E-state index contributed by atoms with van der Waals surface area (Å²) >= 11 is 0. The number of carbonyl (C=O) groups is 1. The van der Waals surface area contributed by atoms with Gasteiger partial charge in [-0.05, 0) is 39.9 Å². The summed E-state index contributed by atoms with van der Waals surface area (Å²) in [6.07, 6.45) is 0.224. The van der Waals surface area contributed by atoms with Crippen LogP contribution in [0.5, 0.6) is 0 Å². The molecule has 0 aromatic heterocycles. The van der Waals surface area contributed by atoms with Crippen LogP contribution in [0.3, 0.4) is 0 Å². The molecular formula is C28H26N2O3. The average Bonchev–Trinajstić information content (AvgIpc) is 2.83. The second kappa shape index (κ2) is 9.65. The van der Waals surface area contributed by atoms with E-state index < -0.39 is 4.92 Å². The summed E-state index contributed by atoms with van der Waals surface area (Å²) in [5.41, 5.74) is 3.44. The molecule has 0 saturated heterocycles. The normalized spacial score (nSPS) is 12.0. The number of nitrogens with zero attached hydrogens (tertiary/aromatic N) is 1. The minimum atomic E-state index is -0.419. The second-order valence-electron chi connectivity index (χ2n) is 8.51. The highest BCUT2D eigenvalue weighted by Crippen LogP contribution is 2.28. The Bertz CT molecular complexity index is 1300. The molecule has 166 valence electrons. The first-order chi connectivity index (χ1) is 15.9. The lowest BCUT2D eigenvalue weighted by atomic mass is 9.94. The number of hydrogen-bond acceptors (Lipinski definition) is 4. The van der Waals surface area contributed by atoms with Crippen molar-refractivity contribution < 1.29 is 9.72 Å². The van der Waals surface area contributed by atoms with Crippen molar-refractivity contribution in [2.45, 2.75) is 32.2 Å². The first-order valence-corrected chi connectivity index (χ1v) is 11.0. The molecule has 33 heavy (non-hydrogen) atoms. The maximum absolute atomic E-state index is 13.3. The van der Waals surface area contributed by atoms with E-state index in [-0.39, 0.29) is 23.9 Å². The van der Waals surface area contributed by atoms with E-state index in [1.54, 1.807) is 12.1 Å². The van der Waals surface area contributed by atoms with Gasteiger partial charge in [0.25, 0.3) is 5.69 Å². The molecule has 0 amide bonds. The van der Waals surface area contributed by atoms with Crippen LogP contribution in [0.25, 0.3) is 10.8 Å². The molecule has 4 rings (SSSR count). The number of ketones is 1. The molecule has 0 heterocycles. The van der Waals surface area contributed by atoms with Crippen molar-refractivity contribution in [3.63, 3.8) is 0 Å². The summed E-state index contributed by atoms with van der Waals surface area (Å²) in [6, 6.07) is 27.9. The predicted molar refractivity (Wildman–Crippen MR) is 133 cm³/mol. The Morgan fingerprint density at radius 2 is 1.55 bits per heavy atom. The number of nitro groups is 1. The van der Waals surface area contributed by atoms with Gasteiger partial charge in [-0.25, -0.2) is 0 Å². The van der Waals surface area contributed by atoms with Gasteiger partial charge >= 0.3 is 0 Å². The Hall–Kier alpha value is -3.99. The molecule has 4 aromatic rings. The quantitative estimate of drug-likeness (QED) is 0.178. The van der Waals surface area contributed by atoms with Crippen LogP contribution >= 0.6 is 0 Å². The van der Waals surface area contributed by atoms with Gasteiger partial charge in [0, 0.05) is 29.8 Å². The zero-order valence-corrected chi connectivity index (χ0v) is 18.7. The number of anilines is 1. The van der Waals surface area contributed by atoms with Crippen molar-refractivity contribution in [2.24, 2.45) is 0 Å². The van der Waals surface area contributed by atoms with Crippen molar-refractivity contribution >= 4 is 27.9 Å². The third-order valence-corrected chi connectivity index (χ3v) is 5.86. The fraction of sp³-hybridized carbons (Fsp3) is 0.179. The van der Waals surface area contributed by atoms with Crippen LogP contribution in [0.2, 0.25) is 0 Å². The molecule has 1 atom stereocenters. The van der Waals surface area contributed by atoms with Crippen molar-refractivity contribution in [2.75, 3.05) is 5.32 Å². The van der Waals surface area contributed by atoms with Crippen molar-refractivity contribution in [3.8, 4) is 0 Å². The Morgan fingerprint density at radius 3 is 2.24 bits per heavy atom. The molecule has 0 spiro atoms. The van der Waals surface area contributed by atoms with Crippen LogP contribution in [-0.4, -0.2) is 10.7 Å². The Balaban J connectivity index is 1.64. The zero-order valence-electron chi connectivity index (χ0n) is 18.7. The van der Waals surface area contributed by atoms with Gasteiger partial charge in [0.05, 0.1) is 11.0 Å². The summed E-state index contributed by atoms with van der Waals surface area (Å²) in [6.45, 7) is 4.27. The third kappa shape index (κ3) is 5.26. The lowest BCUT2D eigenvalue weighted by Gasteiger charge is -2.21. The monoisotopic (exact) mass is 438 g/mol. The minimum Gasteiger partial charge on any atom is -0.378 e. The number of Topliss-reactive ketones (excluding diaryl/α,β-unsaturated/α-hetero) is 1. The molecule has 0 saturated carbocycles. The maximum Gasteiger partial charge on any atom is 0.271 e. The van der Waals surface area contributed by atoms with Gasteiger partial charge in [-0.1, -0.05) is 80.6 Å². The lowest BCUT2D eigenvalue weighted by Crippen LogP contribution is -2.16. The molecule has 4 aromatic carbocycles. The van der Waals surface area contributed by atoms with Crippen LogP contribution in [0.15, 0.2) is 91.0 Å². The molecular weight excluding hydrogens is 412 g/mol. The van der Waals surface area contributed by atoms with E-state index in [1.807, 2.05) is 54.6 Å². The highest BCUT2D eigenvalue weighted by Gasteiger charge is 2.19. The minimum absolute atomic E-state index is 0.00904. The Kier molecular flexibility index (Phi) is 6.50. The van der Waals surface area contributed by atoms with Crippen LogP contribution in [-0.2, 0) is 0 Å². The first kappa shape index (κ1) is 22.2. The lowest BCUT2D eigenvalue weighted by molar-refractivity contribution is -0.384. The number of nitro benzene ring substituents is 1. The van der Waals surface area contributed by atoms with Crippen LogP contribution in [0.4, 0.5) is 11.4 Å². The number of rotatable bonds is 8. The fourth-order valence-corrected chi connectivity index (χ4v) is 3.94. The molecule has 0 radical (unpaired) electrons. The van der Waals surface area contributed by atoms with Crippen molar-refractivity contribution in [1.82, 2.24) is 0 Å². The number of fused-ring (bicyclic) bond motifs is 1. The molecule has 1 unspecified atom stereocenters. The smallest absolute Gasteiger partial charge is 0.271 e. The molecule has 0 aliphatic rings. The van der Waals surface area contributed by atoms with E-state index in [1.165, 1.54) is 17.7 Å². The molecule has 0 aliphatic carbocycles. The van der Waals surface area contributed by atoms with E-state index in [4.69, 9.17) is 0 Å². The average molecular weight is 439 g/mol. The van der Waals surface area contributed by atoms with Gasteiger partial charge < -0.3 is 5.32 Å². The Morgan fingerprint density at radius 1 is 0.848 bits per heavy atom. The fourth-order valence-electron chi connectivity index (χ4n) is 3.94. The van der Waals surface area contributed by atoms with Gasteiger partial charge in [-0.15, -0.1) is 0 Å². The summed E-state index contributed by atoms with van der Waals surface area (Å²) in [5, 5.41) is 16.7. The second-order valence-corrected chi connectivity index (χ2v) is 8.51. The van der Waals surface area contributed by atoms with E-state index in [2.05, 4.69) is 31.3 Å². The highest BCUT2D eigenvalue weighted by molar-refractivity contribution is 6.00. The maximum atomic E-state index is 13.3. The van der Waals surface area contributed by atoms with Gasteiger partial charge in [0.2, 0.25) is 0 Å². The highest BCUT2D eigenvalue weighted by atomic mass is 16.6. The van der Waals surface area contributed by atoms with Gasteiger partial charge in [0.15, 0.2) is 5.78 Å². The number of hydrogen-bond donors (Lipinski definition) is 1.